The first-order valence-corrected chi connectivity index (χ1v) is 3.99. The second-order valence-corrected chi connectivity index (χ2v) is 2.54. The van der Waals surface area contributed by atoms with Gasteiger partial charge in [-0.05, 0) is 6.42 Å². The van der Waals surface area contributed by atoms with Crippen LogP contribution >= 0.6 is 0 Å². The number of Topliss-reactive ketones (excluding diaryl/α,β-unsaturated/α-hetero) is 1. The molecule has 1 atom stereocenters. The molecule has 1 unspecified atom stereocenters. The Bertz CT molecular complexity index is 101. The van der Waals surface area contributed by atoms with Crippen LogP contribution in [0, 0.1) is 5.92 Å². The molecule has 0 saturated carbocycles. The van der Waals surface area contributed by atoms with Crippen molar-refractivity contribution >= 4 is 5.78 Å². The molecule has 0 saturated heterocycles. The molecule has 0 heterocycles. The summed E-state index contributed by atoms with van der Waals surface area (Å²) in [7, 11) is 0. The average molecular weight is 143 g/mol. The van der Waals surface area contributed by atoms with Crippen molar-refractivity contribution < 1.29 is 4.79 Å². The molecular formula is C8H17NO. The van der Waals surface area contributed by atoms with Crippen LogP contribution in [0.1, 0.15) is 33.1 Å². The third-order valence-electron chi connectivity index (χ3n) is 1.73. The normalized spacial score (nSPS) is 13.1. The highest BCUT2D eigenvalue weighted by Crippen LogP contribution is 2.07. The van der Waals surface area contributed by atoms with E-state index in [9.17, 15) is 4.79 Å². The van der Waals surface area contributed by atoms with Gasteiger partial charge in [0.25, 0.3) is 0 Å². The van der Waals surface area contributed by atoms with Crippen molar-refractivity contribution in [2.75, 3.05) is 6.54 Å². The second-order valence-electron chi connectivity index (χ2n) is 2.54. The molecule has 0 aromatic heterocycles. The van der Waals surface area contributed by atoms with E-state index in [0.29, 0.717) is 18.7 Å². The third-order valence-corrected chi connectivity index (χ3v) is 1.73. The van der Waals surface area contributed by atoms with Gasteiger partial charge in [0.2, 0.25) is 0 Å². The average Bonchev–Trinajstić information content (AvgIpc) is 1.99. The lowest BCUT2D eigenvalue weighted by atomic mass is 9.97. The van der Waals surface area contributed by atoms with Crippen molar-refractivity contribution in [3.05, 3.63) is 0 Å². The van der Waals surface area contributed by atoms with E-state index < -0.39 is 0 Å². The zero-order chi connectivity index (χ0) is 7.98. The molecule has 0 aromatic carbocycles. The topological polar surface area (TPSA) is 43.1 Å². The summed E-state index contributed by atoms with van der Waals surface area (Å²) in [6, 6.07) is 0. The van der Waals surface area contributed by atoms with Crippen molar-refractivity contribution in [1.82, 2.24) is 0 Å². The zero-order valence-corrected chi connectivity index (χ0v) is 6.89. The highest BCUT2D eigenvalue weighted by Gasteiger charge is 2.12. The number of hydrogen-bond acceptors (Lipinski definition) is 2. The number of ketones is 1. The summed E-state index contributed by atoms with van der Waals surface area (Å²) in [6.07, 6.45) is 2.62. The maximum absolute atomic E-state index is 11.1. The molecule has 0 bridgehead atoms. The summed E-state index contributed by atoms with van der Waals surface area (Å²) < 4.78 is 0. The maximum Gasteiger partial charge on any atom is 0.136 e. The summed E-state index contributed by atoms with van der Waals surface area (Å²) in [4.78, 5) is 11.1. The predicted octanol–water partition coefficient (Wildman–Crippen LogP) is 1.34. The summed E-state index contributed by atoms with van der Waals surface area (Å²) in [5, 5.41) is 0. The Labute approximate surface area is 62.8 Å². The van der Waals surface area contributed by atoms with Crippen LogP contribution in [0.3, 0.4) is 0 Å². The van der Waals surface area contributed by atoms with E-state index in [4.69, 9.17) is 5.73 Å². The molecular weight excluding hydrogens is 126 g/mol. The van der Waals surface area contributed by atoms with Gasteiger partial charge >= 0.3 is 0 Å². The van der Waals surface area contributed by atoms with Gasteiger partial charge in [-0.25, -0.2) is 0 Å². The minimum absolute atomic E-state index is 0.120. The fraction of sp³-hybridized carbons (Fsp3) is 0.875. The minimum atomic E-state index is 0.120. The highest BCUT2D eigenvalue weighted by molar-refractivity contribution is 5.80. The Hall–Kier alpha value is -0.370. The molecule has 0 radical (unpaired) electrons. The first-order chi connectivity index (χ1) is 4.76. The van der Waals surface area contributed by atoms with Crippen LogP contribution in [-0.4, -0.2) is 12.3 Å². The fourth-order valence-electron chi connectivity index (χ4n) is 1.05. The predicted molar refractivity (Wildman–Crippen MR) is 42.8 cm³/mol. The van der Waals surface area contributed by atoms with Gasteiger partial charge in [0.15, 0.2) is 0 Å². The number of rotatable bonds is 5. The van der Waals surface area contributed by atoms with E-state index in [0.717, 1.165) is 12.8 Å². The highest BCUT2D eigenvalue weighted by atomic mass is 16.1. The number of carbonyl (C=O) groups excluding carboxylic acids is 1. The molecule has 0 fully saturated rings. The molecule has 0 spiro atoms. The first-order valence-electron chi connectivity index (χ1n) is 3.99. The molecule has 0 rings (SSSR count). The SMILES string of the molecule is CCCC(CN)C(=O)CC. The summed E-state index contributed by atoms with van der Waals surface area (Å²) >= 11 is 0. The molecule has 2 heteroatoms. The van der Waals surface area contributed by atoms with Crippen LogP contribution in [0.15, 0.2) is 0 Å². The maximum atomic E-state index is 11.1. The van der Waals surface area contributed by atoms with Gasteiger partial charge < -0.3 is 5.73 Å². The quantitative estimate of drug-likeness (QED) is 0.631. The fourth-order valence-corrected chi connectivity index (χ4v) is 1.05. The van der Waals surface area contributed by atoms with Gasteiger partial charge in [-0.3, -0.25) is 4.79 Å². The van der Waals surface area contributed by atoms with Gasteiger partial charge in [-0.1, -0.05) is 20.3 Å². The van der Waals surface area contributed by atoms with Crippen LogP contribution in [0.25, 0.3) is 0 Å². The molecule has 0 amide bonds. The van der Waals surface area contributed by atoms with E-state index in [2.05, 4.69) is 6.92 Å². The van der Waals surface area contributed by atoms with Crippen LogP contribution < -0.4 is 5.73 Å². The Kier molecular flexibility index (Phi) is 5.22. The van der Waals surface area contributed by atoms with Crippen LogP contribution in [0.2, 0.25) is 0 Å². The molecule has 0 aliphatic heterocycles. The monoisotopic (exact) mass is 143 g/mol. The van der Waals surface area contributed by atoms with Gasteiger partial charge in [0.05, 0.1) is 0 Å². The second kappa shape index (κ2) is 5.42. The van der Waals surface area contributed by atoms with Crippen molar-refractivity contribution in [2.24, 2.45) is 11.7 Å². The third kappa shape index (κ3) is 2.97. The van der Waals surface area contributed by atoms with Gasteiger partial charge in [-0.15, -0.1) is 0 Å². The molecule has 0 aromatic rings. The van der Waals surface area contributed by atoms with E-state index in [1.54, 1.807) is 0 Å². The largest absolute Gasteiger partial charge is 0.330 e. The van der Waals surface area contributed by atoms with Crippen molar-refractivity contribution in [2.45, 2.75) is 33.1 Å². The van der Waals surface area contributed by atoms with Crippen LogP contribution in [0.5, 0.6) is 0 Å². The van der Waals surface area contributed by atoms with Gasteiger partial charge in [0.1, 0.15) is 5.78 Å². The molecule has 0 aliphatic carbocycles. The molecule has 2 N–H and O–H groups in total. The standard InChI is InChI=1S/C8H17NO/c1-3-5-7(6-9)8(10)4-2/h7H,3-6,9H2,1-2H3. The molecule has 10 heavy (non-hydrogen) atoms. The van der Waals surface area contributed by atoms with Crippen LogP contribution in [-0.2, 0) is 4.79 Å². The Balaban J connectivity index is 3.68. The lowest BCUT2D eigenvalue weighted by Crippen LogP contribution is -2.22. The molecule has 60 valence electrons. The number of hydrogen-bond donors (Lipinski definition) is 1. The van der Waals surface area contributed by atoms with E-state index >= 15 is 0 Å². The van der Waals surface area contributed by atoms with Crippen molar-refractivity contribution in [3.63, 3.8) is 0 Å². The van der Waals surface area contributed by atoms with Gasteiger partial charge in [0, 0.05) is 18.9 Å². The Morgan fingerprint density at radius 2 is 2.10 bits per heavy atom. The molecule has 2 nitrogen and oxygen atoms in total. The van der Waals surface area contributed by atoms with Crippen molar-refractivity contribution in [3.8, 4) is 0 Å². The molecule has 0 aliphatic rings. The Morgan fingerprint density at radius 3 is 2.40 bits per heavy atom. The van der Waals surface area contributed by atoms with E-state index in [-0.39, 0.29) is 5.92 Å². The summed E-state index contributed by atoms with van der Waals surface area (Å²) in [5.41, 5.74) is 5.41. The lowest BCUT2D eigenvalue weighted by molar-refractivity contribution is -0.122. The van der Waals surface area contributed by atoms with Gasteiger partial charge in [-0.2, -0.15) is 0 Å². The minimum Gasteiger partial charge on any atom is -0.330 e. The smallest absolute Gasteiger partial charge is 0.136 e. The zero-order valence-electron chi connectivity index (χ0n) is 6.89. The lowest BCUT2D eigenvalue weighted by Gasteiger charge is -2.09. The summed E-state index contributed by atoms with van der Waals surface area (Å²) in [6.45, 7) is 4.48. The summed E-state index contributed by atoms with van der Waals surface area (Å²) in [5.74, 6) is 0.430. The number of carbonyl (C=O) groups is 1. The number of nitrogens with two attached hydrogens (primary N) is 1. The Morgan fingerprint density at radius 1 is 1.50 bits per heavy atom. The van der Waals surface area contributed by atoms with Crippen molar-refractivity contribution in [1.29, 1.82) is 0 Å². The van der Waals surface area contributed by atoms with E-state index in [1.807, 2.05) is 6.92 Å². The first kappa shape index (κ1) is 9.63. The van der Waals surface area contributed by atoms with E-state index in [1.165, 1.54) is 0 Å². The van der Waals surface area contributed by atoms with Crippen LogP contribution in [0.4, 0.5) is 0 Å².